The highest BCUT2D eigenvalue weighted by atomic mass is 32.1. The number of thiazole rings is 1. The fourth-order valence-electron chi connectivity index (χ4n) is 11.4. The van der Waals surface area contributed by atoms with Crippen LogP contribution in [-0.4, -0.2) is 80.1 Å². The Kier molecular flexibility index (Phi) is 12.0. The van der Waals surface area contributed by atoms with Crippen LogP contribution in [0.3, 0.4) is 0 Å². The number of aliphatic hydroxyl groups is 1. The minimum Gasteiger partial charge on any atom is -0.386 e. The molecule has 2 aromatic carbocycles. The van der Waals surface area contributed by atoms with E-state index in [2.05, 4.69) is 27.6 Å². The van der Waals surface area contributed by atoms with Gasteiger partial charge in [-0.05, 0) is 158 Å². The van der Waals surface area contributed by atoms with Crippen molar-refractivity contribution in [3.63, 3.8) is 0 Å². The Balaban J connectivity index is 0.742. The second-order valence-electron chi connectivity index (χ2n) is 19.8. The third kappa shape index (κ3) is 9.10. The van der Waals surface area contributed by atoms with Gasteiger partial charge in [-0.2, -0.15) is 13.2 Å². The number of hydrogen-bond donors (Lipinski definition) is 3. The standard InChI is InChI=1S/C49H55F3N6O6S/c1-47(2,64)33-22-36-38(23-35(33)54-42(60)34-8-5-9-39(53-34)49(50,51)52)65-44(55-36)30-14-10-27(11-15-30)26-57(3)31-18-20-48(21-19-31)24-28(25-48)12-13-29-6-4-7-32-41(29)46(63)58(45(32)62)37-16-17-40(59)56-43(37)61/h4-9,22-23,27-28,30-31,37,64H,10-21,24-26H2,1-3H3,(H,54,60)(H,56,59,61). The Morgan fingerprint density at radius 2 is 1.66 bits per heavy atom. The molecule has 0 bridgehead atoms. The van der Waals surface area contributed by atoms with E-state index in [-0.39, 0.29) is 24.4 Å². The monoisotopic (exact) mass is 912 g/mol. The highest BCUT2D eigenvalue weighted by Gasteiger charge is 2.48. The summed E-state index contributed by atoms with van der Waals surface area (Å²) in [5, 5.41) is 17.0. The Labute approximate surface area is 379 Å². The van der Waals surface area contributed by atoms with Gasteiger partial charge in [0.25, 0.3) is 17.7 Å². The highest BCUT2D eigenvalue weighted by Crippen LogP contribution is 2.56. The van der Waals surface area contributed by atoms with Crippen LogP contribution in [0.25, 0.3) is 10.2 Å². The van der Waals surface area contributed by atoms with E-state index in [0.717, 1.165) is 71.0 Å². The number of fused-ring (bicyclic) bond motifs is 2. The number of pyridine rings is 1. The second kappa shape index (κ2) is 17.3. The Bertz CT molecular complexity index is 2550. The SMILES string of the molecule is CN(CC1CCC(c2nc3cc(C(C)(C)O)c(NC(=O)c4cccc(C(F)(F)F)n4)cc3s2)CC1)C1CCC2(CC1)CC(CCc1cccc3c1C(=O)N(C1CCC(=O)NC1=O)C3=O)C2. The summed E-state index contributed by atoms with van der Waals surface area (Å²) >= 11 is 1.56. The van der Waals surface area contributed by atoms with Gasteiger partial charge in [-0.25, -0.2) is 9.97 Å². The van der Waals surface area contributed by atoms with Gasteiger partial charge >= 0.3 is 6.18 Å². The van der Waals surface area contributed by atoms with Crippen LogP contribution in [0, 0.1) is 17.3 Å². The summed E-state index contributed by atoms with van der Waals surface area (Å²) in [6.07, 6.45) is 8.64. The second-order valence-corrected chi connectivity index (χ2v) is 20.9. The minimum absolute atomic E-state index is 0.0944. The first-order valence-electron chi connectivity index (χ1n) is 22.9. The molecule has 1 atom stereocenters. The van der Waals surface area contributed by atoms with E-state index in [1.165, 1.54) is 44.6 Å². The minimum atomic E-state index is -4.69. The van der Waals surface area contributed by atoms with Crippen molar-refractivity contribution in [1.29, 1.82) is 0 Å². The van der Waals surface area contributed by atoms with Crippen LogP contribution in [0.4, 0.5) is 18.9 Å². The molecule has 12 nitrogen and oxygen atoms in total. The van der Waals surface area contributed by atoms with Crippen molar-refractivity contribution in [3.05, 3.63) is 87.2 Å². The van der Waals surface area contributed by atoms with Crippen molar-refractivity contribution < 1.29 is 42.3 Å². The van der Waals surface area contributed by atoms with Gasteiger partial charge in [-0.15, -0.1) is 11.3 Å². The van der Waals surface area contributed by atoms with Crippen LogP contribution in [-0.2, 0) is 27.8 Å². The number of aromatic nitrogens is 2. The van der Waals surface area contributed by atoms with Crippen LogP contribution >= 0.6 is 11.3 Å². The van der Waals surface area contributed by atoms with Gasteiger partial charge in [0.15, 0.2) is 0 Å². The average molecular weight is 913 g/mol. The van der Waals surface area contributed by atoms with Crippen LogP contribution < -0.4 is 10.6 Å². The molecule has 5 aliphatic rings. The molecule has 2 aromatic heterocycles. The largest absolute Gasteiger partial charge is 0.433 e. The summed E-state index contributed by atoms with van der Waals surface area (Å²) in [4.78, 5) is 76.3. The molecule has 344 valence electrons. The summed E-state index contributed by atoms with van der Waals surface area (Å²) in [5.41, 5.74) is 0.520. The number of imide groups is 2. The molecule has 0 radical (unpaired) electrons. The van der Waals surface area contributed by atoms with Gasteiger partial charge in [0.05, 0.1) is 32.0 Å². The lowest BCUT2D eigenvalue weighted by Crippen LogP contribution is -2.54. The molecule has 16 heteroatoms. The number of nitrogens with one attached hydrogen (secondary N) is 2. The number of piperidine rings is 1. The van der Waals surface area contributed by atoms with Crippen LogP contribution in [0.5, 0.6) is 0 Å². The molecule has 4 fully saturated rings. The Hall–Kier alpha value is -5.06. The number of halogens is 3. The first-order valence-corrected chi connectivity index (χ1v) is 23.7. The number of hydrogen-bond acceptors (Lipinski definition) is 10. The number of carbonyl (C=O) groups is 5. The fourth-order valence-corrected chi connectivity index (χ4v) is 12.6. The third-order valence-corrected chi connectivity index (χ3v) is 16.1. The average Bonchev–Trinajstić information content (AvgIpc) is 3.79. The zero-order valence-electron chi connectivity index (χ0n) is 36.9. The smallest absolute Gasteiger partial charge is 0.386 e. The van der Waals surface area contributed by atoms with Crippen LogP contribution in [0.15, 0.2) is 48.5 Å². The van der Waals surface area contributed by atoms with Gasteiger partial charge < -0.3 is 15.3 Å². The normalized spacial score (nSPS) is 26.2. The van der Waals surface area contributed by atoms with Gasteiger partial charge in [0.2, 0.25) is 11.8 Å². The van der Waals surface area contributed by atoms with E-state index >= 15 is 0 Å². The van der Waals surface area contributed by atoms with E-state index in [4.69, 9.17) is 4.98 Å². The maximum atomic E-state index is 13.6. The van der Waals surface area contributed by atoms with Crippen LogP contribution in [0.1, 0.15) is 156 Å². The van der Waals surface area contributed by atoms with E-state index in [1.807, 2.05) is 12.1 Å². The fraction of sp³-hybridized carbons (Fsp3) is 0.531. The van der Waals surface area contributed by atoms with Crippen molar-refractivity contribution in [3.8, 4) is 0 Å². The van der Waals surface area contributed by atoms with E-state index < -0.39 is 47.1 Å². The van der Waals surface area contributed by atoms with Crippen molar-refractivity contribution in [2.45, 2.75) is 134 Å². The first kappa shape index (κ1) is 45.1. The van der Waals surface area contributed by atoms with Gasteiger partial charge in [0, 0.05) is 36.2 Å². The summed E-state index contributed by atoms with van der Waals surface area (Å²) in [5.74, 6) is -1.22. The highest BCUT2D eigenvalue weighted by molar-refractivity contribution is 7.18. The molecule has 3 saturated carbocycles. The topological polar surface area (TPSA) is 162 Å². The zero-order valence-corrected chi connectivity index (χ0v) is 37.7. The molecule has 2 aliphatic heterocycles. The lowest BCUT2D eigenvalue weighted by molar-refractivity contribution is -0.141. The Morgan fingerprint density at radius 1 is 0.938 bits per heavy atom. The zero-order chi connectivity index (χ0) is 46.0. The predicted molar refractivity (Wildman–Crippen MR) is 238 cm³/mol. The molecule has 3 N–H and O–H groups in total. The molecule has 9 rings (SSSR count). The molecule has 1 unspecified atom stereocenters. The number of benzene rings is 2. The number of rotatable bonds is 11. The molecule has 1 saturated heterocycles. The predicted octanol–water partition coefficient (Wildman–Crippen LogP) is 8.77. The molecule has 4 heterocycles. The molecular formula is C49H55F3N6O6S. The van der Waals surface area contributed by atoms with E-state index in [1.54, 1.807) is 43.4 Å². The van der Waals surface area contributed by atoms with Crippen LogP contribution in [0.2, 0.25) is 0 Å². The maximum Gasteiger partial charge on any atom is 0.433 e. The summed E-state index contributed by atoms with van der Waals surface area (Å²) in [6.45, 7) is 4.24. The quantitative estimate of drug-likeness (QED) is 0.125. The third-order valence-electron chi connectivity index (χ3n) is 14.9. The number of nitrogens with zero attached hydrogens (tertiary/aromatic N) is 4. The summed E-state index contributed by atoms with van der Waals surface area (Å²) < 4.78 is 40.7. The van der Waals surface area contributed by atoms with Crippen molar-refractivity contribution in [2.75, 3.05) is 18.9 Å². The number of amides is 5. The van der Waals surface area contributed by atoms with Crippen molar-refractivity contribution >= 4 is 56.8 Å². The molecule has 3 aliphatic carbocycles. The van der Waals surface area contributed by atoms with Crippen molar-refractivity contribution in [1.82, 2.24) is 25.1 Å². The molecule has 4 aromatic rings. The van der Waals surface area contributed by atoms with Gasteiger partial charge in [0.1, 0.15) is 17.4 Å². The van der Waals surface area contributed by atoms with Crippen molar-refractivity contribution in [2.24, 2.45) is 17.3 Å². The number of carbonyl (C=O) groups excluding carboxylic acids is 5. The van der Waals surface area contributed by atoms with Gasteiger partial charge in [-0.1, -0.05) is 18.2 Å². The molecule has 1 spiro atoms. The Morgan fingerprint density at radius 3 is 2.35 bits per heavy atom. The number of aryl methyl sites for hydroxylation is 1. The van der Waals surface area contributed by atoms with E-state index in [9.17, 15) is 42.3 Å². The summed E-state index contributed by atoms with van der Waals surface area (Å²) in [7, 11) is 2.28. The number of anilines is 1. The molecule has 5 amide bonds. The molecule has 65 heavy (non-hydrogen) atoms. The number of alkyl halides is 3. The first-order chi connectivity index (χ1) is 30.9. The maximum absolute atomic E-state index is 13.6. The molecular weight excluding hydrogens is 858 g/mol. The lowest BCUT2D eigenvalue weighted by Gasteiger charge is -2.53. The van der Waals surface area contributed by atoms with E-state index in [0.29, 0.717) is 63.5 Å². The lowest BCUT2D eigenvalue weighted by atomic mass is 9.54. The summed E-state index contributed by atoms with van der Waals surface area (Å²) in [6, 6.07) is 11.7. The van der Waals surface area contributed by atoms with Gasteiger partial charge in [-0.3, -0.25) is 34.2 Å².